The van der Waals surface area contributed by atoms with E-state index in [0.717, 1.165) is 23.7 Å². The molecule has 1 aromatic carbocycles. The first-order valence-electron chi connectivity index (χ1n) is 7.60. The van der Waals surface area contributed by atoms with Crippen LogP contribution >= 0.6 is 11.8 Å². The van der Waals surface area contributed by atoms with Gasteiger partial charge in [0.15, 0.2) is 0 Å². The normalized spacial score (nSPS) is 21.8. The van der Waals surface area contributed by atoms with Gasteiger partial charge in [-0.05, 0) is 24.5 Å². The molecule has 6 heteroatoms. The topological polar surface area (TPSA) is 61.4 Å². The van der Waals surface area contributed by atoms with Gasteiger partial charge in [0.05, 0.1) is 5.92 Å². The fourth-order valence-electron chi connectivity index (χ4n) is 2.79. The molecule has 0 aromatic heterocycles. The van der Waals surface area contributed by atoms with Crippen LogP contribution in [0.2, 0.25) is 0 Å². The van der Waals surface area contributed by atoms with Crippen LogP contribution in [-0.2, 0) is 9.59 Å². The van der Waals surface area contributed by atoms with Crippen molar-refractivity contribution in [3.05, 3.63) is 24.3 Å². The fourth-order valence-corrected chi connectivity index (χ4v) is 3.25. The largest absolute Gasteiger partial charge is 0.355 e. The van der Waals surface area contributed by atoms with E-state index in [4.69, 9.17) is 0 Å². The standard InChI is InChI=1S/C16H21N3O2S/c1-22-14-4-2-3-13(6-14)19-10-12(5-15(19)20)16(21)18-9-11-7-17-8-11/h2-4,6,11-12,17H,5,7-10H2,1H3,(H,18,21). The van der Waals surface area contributed by atoms with Crippen LogP contribution in [0.5, 0.6) is 0 Å². The lowest BCUT2D eigenvalue weighted by atomic mass is 10.0. The number of hydrogen-bond acceptors (Lipinski definition) is 4. The molecule has 0 radical (unpaired) electrons. The molecule has 2 saturated heterocycles. The van der Waals surface area contributed by atoms with E-state index >= 15 is 0 Å². The van der Waals surface area contributed by atoms with E-state index in [0.29, 0.717) is 25.4 Å². The molecule has 0 saturated carbocycles. The Balaban J connectivity index is 1.60. The van der Waals surface area contributed by atoms with E-state index in [-0.39, 0.29) is 17.7 Å². The third-order valence-electron chi connectivity index (χ3n) is 4.29. The Kier molecular flexibility index (Phi) is 4.69. The van der Waals surface area contributed by atoms with E-state index in [1.807, 2.05) is 30.5 Å². The van der Waals surface area contributed by atoms with E-state index in [9.17, 15) is 9.59 Å². The summed E-state index contributed by atoms with van der Waals surface area (Å²) in [4.78, 5) is 27.3. The highest BCUT2D eigenvalue weighted by Crippen LogP contribution is 2.28. The smallest absolute Gasteiger partial charge is 0.227 e. The van der Waals surface area contributed by atoms with Gasteiger partial charge in [-0.15, -0.1) is 11.8 Å². The quantitative estimate of drug-likeness (QED) is 0.798. The average molecular weight is 319 g/mol. The van der Waals surface area contributed by atoms with Crippen molar-refractivity contribution in [1.82, 2.24) is 10.6 Å². The molecule has 2 fully saturated rings. The Bertz CT molecular complexity index is 574. The monoisotopic (exact) mass is 319 g/mol. The Morgan fingerprint density at radius 2 is 2.27 bits per heavy atom. The summed E-state index contributed by atoms with van der Waals surface area (Å²) in [5.41, 5.74) is 0.885. The number of rotatable bonds is 5. The van der Waals surface area contributed by atoms with Gasteiger partial charge in [-0.25, -0.2) is 0 Å². The zero-order chi connectivity index (χ0) is 15.5. The summed E-state index contributed by atoms with van der Waals surface area (Å²) >= 11 is 1.65. The first-order chi connectivity index (χ1) is 10.7. The molecule has 2 heterocycles. The molecule has 2 aliphatic heterocycles. The molecule has 1 aromatic rings. The van der Waals surface area contributed by atoms with Crippen LogP contribution in [0.3, 0.4) is 0 Å². The van der Waals surface area contributed by atoms with E-state index in [1.54, 1.807) is 16.7 Å². The number of amides is 2. The van der Waals surface area contributed by atoms with Gasteiger partial charge in [-0.2, -0.15) is 0 Å². The third-order valence-corrected chi connectivity index (χ3v) is 5.02. The summed E-state index contributed by atoms with van der Waals surface area (Å²) in [7, 11) is 0. The summed E-state index contributed by atoms with van der Waals surface area (Å²) in [6, 6.07) is 7.90. The van der Waals surface area contributed by atoms with Crippen LogP contribution in [0.15, 0.2) is 29.2 Å². The zero-order valence-electron chi connectivity index (χ0n) is 12.7. The Morgan fingerprint density at radius 3 is 2.95 bits per heavy atom. The molecule has 5 nitrogen and oxygen atoms in total. The molecule has 0 spiro atoms. The van der Waals surface area contributed by atoms with Crippen molar-refractivity contribution in [3.63, 3.8) is 0 Å². The second-order valence-corrected chi connectivity index (χ2v) is 6.76. The minimum absolute atomic E-state index is 0.00349. The SMILES string of the molecule is CSc1cccc(N2CC(C(=O)NCC3CNC3)CC2=O)c1. The minimum atomic E-state index is -0.238. The molecule has 118 valence electrons. The highest BCUT2D eigenvalue weighted by Gasteiger charge is 2.35. The van der Waals surface area contributed by atoms with Gasteiger partial charge in [0.1, 0.15) is 0 Å². The second kappa shape index (κ2) is 6.71. The van der Waals surface area contributed by atoms with Gasteiger partial charge in [-0.3, -0.25) is 9.59 Å². The van der Waals surface area contributed by atoms with E-state index in [1.165, 1.54) is 0 Å². The molecule has 3 rings (SSSR count). The lowest BCUT2D eigenvalue weighted by molar-refractivity contribution is -0.126. The Hall–Kier alpha value is -1.53. The predicted octanol–water partition coefficient (Wildman–Crippen LogP) is 1.10. The number of anilines is 1. The molecule has 1 unspecified atom stereocenters. The van der Waals surface area contributed by atoms with Crippen LogP contribution in [0, 0.1) is 11.8 Å². The molecular formula is C16H21N3O2S. The average Bonchev–Trinajstić information content (AvgIpc) is 2.87. The molecule has 2 aliphatic rings. The Morgan fingerprint density at radius 1 is 1.45 bits per heavy atom. The number of benzene rings is 1. The van der Waals surface area contributed by atoms with Crippen LogP contribution < -0.4 is 15.5 Å². The summed E-state index contributed by atoms with van der Waals surface area (Å²) < 4.78 is 0. The third kappa shape index (κ3) is 3.28. The lowest BCUT2D eigenvalue weighted by Gasteiger charge is -2.27. The maximum Gasteiger partial charge on any atom is 0.227 e. The molecule has 2 N–H and O–H groups in total. The number of hydrogen-bond donors (Lipinski definition) is 2. The first kappa shape index (κ1) is 15.4. The number of carbonyl (C=O) groups is 2. The Labute approximate surface area is 134 Å². The van der Waals surface area contributed by atoms with Crippen LogP contribution in [0.4, 0.5) is 5.69 Å². The van der Waals surface area contributed by atoms with Crippen molar-refractivity contribution in [1.29, 1.82) is 0 Å². The van der Waals surface area contributed by atoms with Gasteiger partial charge in [0.25, 0.3) is 0 Å². The number of nitrogens with one attached hydrogen (secondary N) is 2. The van der Waals surface area contributed by atoms with Gasteiger partial charge in [-0.1, -0.05) is 6.07 Å². The van der Waals surface area contributed by atoms with E-state index < -0.39 is 0 Å². The molecular weight excluding hydrogens is 298 g/mol. The van der Waals surface area contributed by atoms with Crippen molar-refractivity contribution in [3.8, 4) is 0 Å². The second-order valence-electron chi connectivity index (χ2n) is 5.88. The minimum Gasteiger partial charge on any atom is -0.355 e. The highest BCUT2D eigenvalue weighted by molar-refractivity contribution is 7.98. The van der Waals surface area contributed by atoms with Crippen molar-refractivity contribution in [2.45, 2.75) is 11.3 Å². The zero-order valence-corrected chi connectivity index (χ0v) is 13.5. The maximum absolute atomic E-state index is 12.2. The highest BCUT2D eigenvalue weighted by atomic mass is 32.2. The number of thioether (sulfide) groups is 1. The number of nitrogens with zero attached hydrogens (tertiary/aromatic N) is 1. The van der Waals surface area contributed by atoms with Crippen molar-refractivity contribution in [2.24, 2.45) is 11.8 Å². The molecule has 22 heavy (non-hydrogen) atoms. The van der Waals surface area contributed by atoms with E-state index in [2.05, 4.69) is 10.6 Å². The predicted molar refractivity (Wildman–Crippen MR) is 88.1 cm³/mol. The van der Waals surface area contributed by atoms with Crippen LogP contribution in [0.25, 0.3) is 0 Å². The number of carbonyl (C=O) groups excluding carboxylic acids is 2. The summed E-state index contributed by atoms with van der Waals surface area (Å²) in [5, 5.41) is 6.16. The fraction of sp³-hybridized carbons (Fsp3) is 0.500. The maximum atomic E-state index is 12.2. The van der Waals surface area contributed by atoms with Gasteiger partial charge in [0.2, 0.25) is 11.8 Å². The van der Waals surface area contributed by atoms with Crippen molar-refractivity contribution < 1.29 is 9.59 Å². The van der Waals surface area contributed by atoms with Crippen LogP contribution in [-0.4, -0.2) is 44.2 Å². The van der Waals surface area contributed by atoms with Gasteiger partial charge >= 0.3 is 0 Å². The molecule has 0 aliphatic carbocycles. The van der Waals surface area contributed by atoms with Crippen molar-refractivity contribution in [2.75, 3.05) is 37.3 Å². The van der Waals surface area contributed by atoms with Gasteiger partial charge < -0.3 is 15.5 Å². The lowest BCUT2D eigenvalue weighted by Crippen LogP contribution is -2.49. The van der Waals surface area contributed by atoms with Crippen LogP contribution in [0.1, 0.15) is 6.42 Å². The summed E-state index contributed by atoms with van der Waals surface area (Å²) in [5.74, 6) is 0.335. The molecule has 0 bridgehead atoms. The molecule has 1 atom stereocenters. The first-order valence-corrected chi connectivity index (χ1v) is 8.82. The van der Waals surface area contributed by atoms with Crippen molar-refractivity contribution >= 4 is 29.3 Å². The van der Waals surface area contributed by atoms with Gasteiger partial charge in [0, 0.05) is 49.1 Å². The molecule has 2 amide bonds. The summed E-state index contributed by atoms with van der Waals surface area (Å²) in [6.45, 7) is 3.12. The summed E-state index contributed by atoms with van der Waals surface area (Å²) in [6.07, 6.45) is 2.31.